The number of nitrogens with one attached hydrogen (secondary N) is 2. The van der Waals surface area contributed by atoms with Crippen LogP contribution in [0.15, 0.2) is 71.8 Å². The zero-order chi connectivity index (χ0) is 29.4. The van der Waals surface area contributed by atoms with Gasteiger partial charge < -0.3 is 19.8 Å². The van der Waals surface area contributed by atoms with E-state index in [0.29, 0.717) is 40.4 Å². The Balaban J connectivity index is 1.31. The van der Waals surface area contributed by atoms with Gasteiger partial charge in [0.05, 0.1) is 23.2 Å². The number of ether oxygens (including phenoxy) is 2. The minimum absolute atomic E-state index is 0.0305. The largest absolute Gasteiger partial charge is 0.492 e. The van der Waals surface area contributed by atoms with Crippen LogP contribution in [0, 0.1) is 24.1 Å². The van der Waals surface area contributed by atoms with Crippen LogP contribution in [-0.2, 0) is 0 Å². The van der Waals surface area contributed by atoms with Crippen molar-refractivity contribution in [2.75, 3.05) is 11.9 Å². The van der Waals surface area contributed by atoms with Gasteiger partial charge in [0.1, 0.15) is 28.8 Å². The number of aromatic amines is 1. The summed E-state index contributed by atoms with van der Waals surface area (Å²) in [5, 5.41) is 13.0. The molecular formula is C32H26FN5O4. The minimum atomic E-state index is -0.691. The number of benzene rings is 2. The summed E-state index contributed by atoms with van der Waals surface area (Å²) in [5.41, 5.74) is 2.43. The molecule has 5 aromatic rings. The zero-order valence-electron chi connectivity index (χ0n) is 22.9. The van der Waals surface area contributed by atoms with Gasteiger partial charge in [-0.05, 0) is 86.7 Å². The number of pyridine rings is 2. The standard InChI is InChI=1S/C32H26FN5O4/c1-3-41-29-14-18(2)26(15-20(29)17-34)38-25(19-4-5-19)8-7-23(32(38)40)31(39)37-21-6-9-28(24(33)16-21)42-27-11-13-36-30-22(27)10-12-35-30/h6-16,19H,3-5H2,1-2H3,(H,35,36)(H,37,39). The molecule has 0 atom stereocenters. The Morgan fingerprint density at radius 2 is 1.98 bits per heavy atom. The van der Waals surface area contributed by atoms with E-state index in [-0.39, 0.29) is 22.9 Å². The fourth-order valence-electron chi connectivity index (χ4n) is 4.95. The quantitative estimate of drug-likeness (QED) is 0.227. The molecule has 6 rings (SSSR count). The highest BCUT2D eigenvalue weighted by Crippen LogP contribution is 2.41. The number of H-pyrrole nitrogens is 1. The van der Waals surface area contributed by atoms with Gasteiger partial charge in [0.15, 0.2) is 11.6 Å². The molecule has 1 aliphatic carbocycles. The highest BCUT2D eigenvalue weighted by Gasteiger charge is 2.29. The van der Waals surface area contributed by atoms with Gasteiger partial charge in [0.25, 0.3) is 11.5 Å². The van der Waals surface area contributed by atoms with E-state index >= 15 is 4.39 Å². The molecule has 1 saturated carbocycles. The normalized spacial score (nSPS) is 12.6. The average Bonchev–Trinajstić information content (AvgIpc) is 3.70. The van der Waals surface area contributed by atoms with Crippen molar-refractivity contribution in [1.29, 1.82) is 5.26 Å². The number of nitrogens with zero attached hydrogens (tertiary/aromatic N) is 3. The first-order valence-electron chi connectivity index (χ1n) is 13.5. The van der Waals surface area contributed by atoms with E-state index < -0.39 is 17.3 Å². The van der Waals surface area contributed by atoms with Crippen LogP contribution in [0.25, 0.3) is 16.7 Å². The second-order valence-corrected chi connectivity index (χ2v) is 10.0. The van der Waals surface area contributed by atoms with Gasteiger partial charge in [-0.15, -0.1) is 0 Å². The molecule has 0 aliphatic heterocycles. The summed E-state index contributed by atoms with van der Waals surface area (Å²) in [7, 11) is 0. The van der Waals surface area contributed by atoms with Gasteiger partial charge >= 0.3 is 0 Å². The number of carbonyl (C=O) groups is 1. The van der Waals surface area contributed by atoms with Crippen molar-refractivity contribution in [3.63, 3.8) is 0 Å². The van der Waals surface area contributed by atoms with Crippen LogP contribution in [0.3, 0.4) is 0 Å². The van der Waals surface area contributed by atoms with Crippen LogP contribution < -0.4 is 20.3 Å². The summed E-state index contributed by atoms with van der Waals surface area (Å²) in [6, 6.07) is 16.2. The highest BCUT2D eigenvalue weighted by molar-refractivity contribution is 6.04. The summed E-state index contributed by atoms with van der Waals surface area (Å²) in [5.74, 6) is -0.359. The van der Waals surface area contributed by atoms with Crippen molar-refractivity contribution in [1.82, 2.24) is 14.5 Å². The average molecular weight is 564 g/mol. The zero-order valence-corrected chi connectivity index (χ0v) is 22.9. The number of halogens is 1. The summed E-state index contributed by atoms with van der Waals surface area (Å²) >= 11 is 0. The molecule has 1 amide bonds. The van der Waals surface area contributed by atoms with Crippen LogP contribution in [0.2, 0.25) is 0 Å². The number of hydrogen-bond acceptors (Lipinski definition) is 6. The van der Waals surface area contributed by atoms with Gasteiger partial charge in [-0.25, -0.2) is 9.37 Å². The van der Waals surface area contributed by atoms with E-state index in [9.17, 15) is 14.9 Å². The minimum Gasteiger partial charge on any atom is -0.492 e. The molecule has 0 bridgehead atoms. The number of carbonyl (C=O) groups excluding carboxylic acids is 1. The predicted octanol–water partition coefficient (Wildman–Crippen LogP) is 6.35. The summed E-state index contributed by atoms with van der Waals surface area (Å²) < 4.78 is 27.9. The Kier molecular flexibility index (Phi) is 6.92. The monoisotopic (exact) mass is 563 g/mol. The van der Waals surface area contributed by atoms with E-state index in [1.54, 1.807) is 42.7 Å². The first kappa shape index (κ1) is 26.8. The number of anilines is 1. The maximum absolute atomic E-state index is 15.0. The lowest BCUT2D eigenvalue weighted by atomic mass is 10.1. The Labute approximate surface area is 240 Å². The molecule has 3 heterocycles. The topological polar surface area (TPSA) is 122 Å². The lowest BCUT2D eigenvalue weighted by molar-refractivity contribution is 0.102. The lowest BCUT2D eigenvalue weighted by Gasteiger charge is -2.18. The number of rotatable bonds is 8. The number of aromatic nitrogens is 3. The van der Waals surface area contributed by atoms with Gasteiger partial charge in [-0.2, -0.15) is 5.26 Å². The molecule has 0 radical (unpaired) electrons. The Morgan fingerprint density at radius 3 is 2.71 bits per heavy atom. The third-order valence-electron chi connectivity index (χ3n) is 7.14. The molecule has 2 aromatic carbocycles. The molecule has 1 fully saturated rings. The molecule has 0 spiro atoms. The van der Waals surface area contributed by atoms with Crippen LogP contribution >= 0.6 is 0 Å². The van der Waals surface area contributed by atoms with Crippen molar-refractivity contribution in [2.24, 2.45) is 0 Å². The van der Waals surface area contributed by atoms with Crippen molar-refractivity contribution in [3.8, 4) is 29.0 Å². The Bertz CT molecular complexity index is 1950. The first-order valence-corrected chi connectivity index (χ1v) is 13.5. The maximum atomic E-state index is 15.0. The van der Waals surface area contributed by atoms with Crippen LogP contribution in [0.1, 0.15) is 52.9 Å². The molecule has 9 nitrogen and oxygen atoms in total. The van der Waals surface area contributed by atoms with E-state index in [2.05, 4.69) is 21.4 Å². The SMILES string of the molecule is CCOc1cc(C)c(-n2c(C3CC3)ccc(C(=O)Nc3ccc(Oc4ccnc5[nH]ccc45)c(F)c3)c2=O)cc1C#N. The molecule has 2 N–H and O–H groups in total. The van der Waals surface area contributed by atoms with Gasteiger partial charge in [-0.1, -0.05) is 0 Å². The second-order valence-electron chi connectivity index (χ2n) is 10.0. The molecule has 0 unspecified atom stereocenters. The van der Waals surface area contributed by atoms with Gasteiger partial charge in [-0.3, -0.25) is 14.2 Å². The molecule has 0 saturated heterocycles. The van der Waals surface area contributed by atoms with Gasteiger partial charge in [0, 0.05) is 29.8 Å². The fourth-order valence-corrected chi connectivity index (χ4v) is 4.95. The summed E-state index contributed by atoms with van der Waals surface area (Å²) in [6.45, 7) is 4.05. The van der Waals surface area contributed by atoms with Gasteiger partial charge in [0.2, 0.25) is 0 Å². The van der Waals surface area contributed by atoms with E-state index in [1.807, 2.05) is 13.8 Å². The smallest absolute Gasteiger partial charge is 0.268 e. The fraction of sp³-hybridized carbons (Fsp3) is 0.188. The van der Waals surface area contributed by atoms with Crippen LogP contribution in [-0.4, -0.2) is 27.0 Å². The second kappa shape index (κ2) is 10.9. The molecule has 1 aliphatic rings. The third kappa shape index (κ3) is 4.97. The van der Waals surface area contributed by atoms with E-state index in [0.717, 1.165) is 30.2 Å². The van der Waals surface area contributed by atoms with Crippen molar-refractivity contribution < 1.29 is 18.7 Å². The molecular weight excluding hydrogens is 537 g/mol. The summed E-state index contributed by atoms with van der Waals surface area (Å²) in [4.78, 5) is 34.3. The number of aryl methyl sites for hydroxylation is 1. The number of fused-ring (bicyclic) bond motifs is 1. The Morgan fingerprint density at radius 1 is 1.14 bits per heavy atom. The van der Waals surface area contributed by atoms with Crippen molar-refractivity contribution in [2.45, 2.75) is 32.6 Å². The first-order chi connectivity index (χ1) is 20.4. The number of amides is 1. The van der Waals surface area contributed by atoms with E-state index in [1.165, 1.54) is 22.8 Å². The molecule has 10 heteroatoms. The van der Waals surface area contributed by atoms with Crippen molar-refractivity contribution >= 4 is 22.6 Å². The summed E-state index contributed by atoms with van der Waals surface area (Å²) in [6.07, 6.45) is 5.12. The number of hydrogen-bond donors (Lipinski definition) is 2. The third-order valence-corrected chi connectivity index (χ3v) is 7.14. The van der Waals surface area contributed by atoms with E-state index in [4.69, 9.17) is 9.47 Å². The number of nitriles is 1. The highest BCUT2D eigenvalue weighted by atomic mass is 19.1. The van der Waals surface area contributed by atoms with Crippen LogP contribution in [0.5, 0.6) is 17.2 Å². The lowest BCUT2D eigenvalue weighted by Crippen LogP contribution is -2.30. The molecule has 3 aromatic heterocycles. The van der Waals surface area contributed by atoms with Crippen LogP contribution in [0.4, 0.5) is 10.1 Å². The van der Waals surface area contributed by atoms with Crippen molar-refractivity contribution in [3.05, 3.63) is 106 Å². The molecule has 42 heavy (non-hydrogen) atoms. The molecule has 210 valence electrons. The predicted molar refractivity (Wildman–Crippen MR) is 155 cm³/mol. The maximum Gasteiger partial charge on any atom is 0.268 e. The Hall–Kier alpha value is -5.43.